The van der Waals surface area contributed by atoms with Crippen molar-refractivity contribution in [3.63, 3.8) is 0 Å². The number of halogens is 2. The van der Waals surface area contributed by atoms with Crippen molar-refractivity contribution in [3.05, 3.63) is 39.6 Å². The molecule has 132 valence electrons. The summed E-state index contributed by atoms with van der Waals surface area (Å²) >= 11 is 12.1. The molecular weight excluding hydrogens is 349 g/mol. The third-order valence-corrected chi connectivity index (χ3v) is 3.95. The summed E-state index contributed by atoms with van der Waals surface area (Å²) in [5, 5.41) is 5.73. The van der Waals surface area contributed by atoms with Crippen LogP contribution in [-0.2, 0) is 24.1 Å². The van der Waals surface area contributed by atoms with Crippen LogP contribution in [0.5, 0.6) is 11.5 Å². The molecule has 2 aromatic rings. The molecule has 7 heteroatoms. The summed E-state index contributed by atoms with van der Waals surface area (Å²) in [4.78, 5) is 0. The van der Waals surface area contributed by atoms with Crippen LogP contribution in [0.4, 0.5) is 0 Å². The zero-order valence-electron chi connectivity index (χ0n) is 14.0. The van der Waals surface area contributed by atoms with Crippen LogP contribution >= 0.6 is 23.2 Å². The van der Waals surface area contributed by atoms with E-state index in [2.05, 4.69) is 18.9 Å². The summed E-state index contributed by atoms with van der Waals surface area (Å²) in [7, 11) is 0. The highest BCUT2D eigenvalue weighted by molar-refractivity contribution is 6.34. The molecule has 1 heterocycles. The summed E-state index contributed by atoms with van der Waals surface area (Å²) in [5.74, 6) is 1.38. The molecule has 0 saturated heterocycles. The van der Waals surface area contributed by atoms with Gasteiger partial charge in [0, 0.05) is 16.6 Å². The fraction of sp³-hybridized carbons (Fsp3) is 0.471. The number of aromatic nitrogens is 2. The predicted octanol–water partition coefficient (Wildman–Crippen LogP) is 4.08. The van der Waals surface area contributed by atoms with Crippen molar-refractivity contribution < 1.29 is 9.47 Å². The number of nitrogens with zero attached hydrogens (tertiary/aromatic N) is 2. The standard InChI is InChI=1S/C17H23Cl2N3O2/c1-3-15-17(24-14-10-12(18)9-13(19)11-14)16(4-2)22(21-15)6-8-23-7-5-20/h9-11H,3-8,20H2,1-2H3. The maximum atomic E-state index is 6.08. The highest BCUT2D eigenvalue weighted by Gasteiger charge is 2.18. The van der Waals surface area contributed by atoms with E-state index < -0.39 is 0 Å². The molecule has 5 nitrogen and oxygen atoms in total. The number of rotatable bonds is 9. The van der Waals surface area contributed by atoms with Crippen molar-refractivity contribution in [1.82, 2.24) is 9.78 Å². The third kappa shape index (κ3) is 4.86. The summed E-state index contributed by atoms with van der Waals surface area (Å²) in [6.07, 6.45) is 1.57. The molecule has 0 saturated carbocycles. The van der Waals surface area contributed by atoms with Crippen LogP contribution in [0.2, 0.25) is 10.0 Å². The van der Waals surface area contributed by atoms with Gasteiger partial charge in [-0.15, -0.1) is 0 Å². The van der Waals surface area contributed by atoms with Gasteiger partial charge in [0.15, 0.2) is 5.75 Å². The first-order valence-corrected chi connectivity index (χ1v) is 8.84. The first-order chi connectivity index (χ1) is 11.6. The summed E-state index contributed by atoms with van der Waals surface area (Å²) < 4.78 is 13.5. The van der Waals surface area contributed by atoms with Crippen LogP contribution in [0.3, 0.4) is 0 Å². The van der Waals surface area contributed by atoms with E-state index in [1.54, 1.807) is 18.2 Å². The minimum atomic E-state index is 0.518. The Morgan fingerprint density at radius 1 is 1.08 bits per heavy atom. The van der Waals surface area contributed by atoms with Crippen molar-refractivity contribution in [2.24, 2.45) is 5.73 Å². The van der Waals surface area contributed by atoms with Gasteiger partial charge in [-0.3, -0.25) is 4.68 Å². The molecule has 0 unspecified atom stereocenters. The predicted molar refractivity (Wildman–Crippen MR) is 97.4 cm³/mol. The monoisotopic (exact) mass is 371 g/mol. The number of ether oxygens (including phenoxy) is 2. The van der Waals surface area contributed by atoms with Gasteiger partial charge in [0.1, 0.15) is 11.4 Å². The molecule has 0 aliphatic heterocycles. The number of aryl methyl sites for hydroxylation is 1. The molecule has 24 heavy (non-hydrogen) atoms. The lowest BCUT2D eigenvalue weighted by atomic mass is 10.2. The maximum Gasteiger partial charge on any atom is 0.171 e. The van der Waals surface area contributed by atoms with E-state index in [-0.39, 0.29) is 0 Å². The molecule has 0 aliphatic rings. The van der Waals surface area contributed by atoms with Gasteiger partial charge in [0.25, 0.3) is 0 Å². The number of benzene rings is 1. The lowest BCUT2D eigenvalue weighted by Gasteiger charge is -2.10. The highest BCUT2D eigenvalue weighted by atomic mass is 35.5. The largest absolute Gasteiger partial charge is 0.453 e. The first-order valence-electron chi connectivity index (χ1n) is 8.09. The molecule has 0 fully saturated rings. The average molecular weight is 372 g/mol. The van der Waals surface area contributed by atoms with E-state index in [0.717, 1.165) is 30.0 Å². The normalized spacial score (nSPS) is 11.0. The number of nitrogens with two attached hydrogens (primary N) is 1. The van der Waals surface area contributed by atoms with Gasteiger partial charge in [-0.05, 0) is 31.0 Å². The number of hydrogen-bond acceptors (Lipinski definition) is 4. The maximum absolute atomic E-state index is 6.08. The third-order valence-electron chi connectivity index (χ3n) is 3.51. The molecule has 2 rings (SSSR count). The topological polar surface area (TPSA) is 62.3 Å². The molecule has 0 spiro atoms. The summed E-state index contributed by atoms with van der Waals surface area (Å²) in [6.45, 7) is 6.42. The first kappa shape index (κ1) is 19.1. The van der Waals surface area contributed by atoms with Gasteiger partial charge in [-0.1, -0.05) is 37.0 Å². The highest BCUT2D eigenvalue weighted by Crippen LogP contribution is 2.33. The van der Waals surface area contributed by atoms with E-state index in [1.807, 2.05) is 4.68 Å². The van der Waals surface area contributed by atoms with E-state index >= 15 is 0 Å². The van der Waals surface area contributed by atoms with Crippen LogP contribution in [-0.4, -0.2) is 29.5 Å². The second-order valence-corrected chi connectivity index (χ2v) is 6.13. The Balaban J connectivity index is 2.25. The lowest BCUT2D eigenvalue weighted by molar-refractivity contribution is 0.130. The molecule has 2 N–H and O–H groups in total. The minimum absolute atomic E-state index is 0.518. The zero-order chi connectivity index (χ0) is 17.5. The minimum Gasteiger partial charge on any atom is -0.453 e. The van der Waals surface area contributed by atoms with Gasteiger partial charge < -0.3 is 15.2 Å². The average Bonchev–Trinajstić information content (AvgIpc) is 2.87. The van der Waals surface area contributed by atoms with Crippen molar-refractivity contribution in [3.8, 4) is 11.5 Å². The van der Waals surface area contributed by atoms with Crippen molar-refractivity contribution >= 4 is 23.2 Å². The smallest absolute Gasteiger partial charge is 0.171 e. The second kappa shape index (κ2) is 9.28. The van der Waals surface area contributed by atoms with E-state index in [0.29, 0.717) is 42.1 Å². The van der Waals surface area contributed by atoms with Crippen molar-refractivity contribution in [1.29, 1.82) is 0 Å². The molecule has 0 aliphatic carbocycles. The van der Waals surface area contributed by atoms with Crippen LogP contribution in [0, 0.1) is 0 Å². The SMILES string of the molecule is CCc1nn(CCOCCN)c(CC)c1Oc1cc(Cl)cc(Cl)c1. The van der Waals surface area contributed by atoms with Crippen LogP contribution in [0.15, 0.2) is 18.2 Å². The Morgan fingerprint density at radius 3 is 2.38 bits per heavy atom. The molecule has 0 radical (unpaired) electrons. The Kier molecular flexibility index (Phi) is 7.37. The quantitative estimate of drug-likeness (QED) is 0.674. The summed E-state index contributed by atoms with van der Waals surface area (Å²) in [6, 6.07) is 5.16. The Labute approximate surface area is 152 Å². The van der Waals surface area contributed by atoms with Crippen molar-refractivity contribution in [2.75, 3.05) is 19.8 Å². The van der Waals surface area contributed by atoms with Crippen molar-refractivity contribution in [2.45, 2.75) is 33.2 Å². The fourth-order valence-corrected chi connectivity index (χ4v) is 2.96. The summed E-state index contributed by atoms with van der Waals surface area (Å²) in [5.41, 5.74) is 7.37. The Morgan fingerprint density at radius 2 is 1.79 bits per heavy atom. The van der Waals surface area contributed by atoms with Crippen LogP contribution in [0.1, 0.15) is 25.2 Å². The van der Waals surface area contributed by atoms with E-state index in [9.17, 15) is 0 Å². The molecule has 1 aromatic heterocycles. The molecule has 0 amide bonds. The Hall–Kier alpha value is -1.27. The molecular formula is C17H23Cl2N3O2. The second-order valence-electron chi connectivity index (χ2n) is 5.26. The van der Waals surface area contributed by atoms with Gasteiger partial charge in [-0.25, -0.2) is 0 Å². The van der Waals surface area contributed by atoms with E-state index in [1.165, 1.54) is 0 Å². The van der Waals surface area contributed by atoms with Crippen LogP contribution in [0.25, 0.3) is 0 Å². The fourth-order valence-electron chi connectivity index (χ4n) is 2.45. The van der Waals surface area contributed by atoms with Crippen LogP contribution < -0.4 is 10.5 Å². The lowest BCUT2D eigenvalue weighted by Crippen LogP contribution is -2.14. The van der Waals surface area contributed by atoms with Gasteiger partial charge in [0.05, 0.1) is 25.5 Å². The van der Waals surface area contributed by atoms with Gasteiger partial charge in [0.2, 0.25) is 0 Å². The molecule has 0 bridgehead atoms. The number of hydrogen-bond donors (Lipinski definition) is 1. The van der Waals surface area contributed by atoms with Gasteiger partial charge in [-0.2, -0.15) is 5.10 Å². The zero-order valence-corrected chi connectivity index (χ0v) is 15.5. The van der Waals surface area contributed by atoms with E-state index in [4.69, 9.17) is 38.4 Å². The molecule has 1 aromatic carbocycles. The van der Waals surface area contributed by atoms with Gasteiger partial charge >= 0.3 is 0 Å². The molecule has 0 atom stereocenters. The Bertz CT molecular complexity index is 654.